The number of hydrogen-bond donors (Lipinski definition) is 2. The molecule has 1 unspecified atom stereocenters. The number of benzene rings is 1. The topological polar surface area (TPSA) is 87.4 Å². The SMILES string of the molecule is CN=C(NCc1nncn1-c1ccccc1)N1CCCC2(CNC(=O)C2)C1.I. The van der Waals surface area contributed by atoms with Gasteiger partial charge in [-0.3, -0.25) is 14.4 Å². The highest BCUT2D eigenvalue weighted by Crippen LogP contribution is 2.35. The van der Waals surface area contributed by atoms with Crippen molar-refractivity contribution in [3.8, 4) is 5.69 Å². The molecule has 1 aromatic carbocycles. The van der Waals surface area contributed by atoms with Gasteiger partial charge in [-0.05, 0) is 25.0 Å². The van der Waals surface area contributed by atoms with Crippen LogP contribution >= 0.6 is 24.0 Å². The van der Waals surface area contributed by atoms with Gasteiger partial charge in [-0.25, -0.2) is 0 Å². The molecule has 2 N–H and O–H groups in total. The molecule has 1 spiro atoms. The minimum atomic E-state index is 0. The van der Waals surface area contributed by atoms with Gasteiger partial charge in [0.05, 0.1) is 6.54 Å². The number of guanidine groups is 1. The standard InChI is InChI=1S/C19H25N7O.HI/c1-20-18(25-9-5-8-19(13-25)10-17(27)22-12-19)21-11-16-24-23-14-26(16)15-6-3-2-4-7-15;/h2-4,6-7,14H,5,8-13H2,1H3,(H,20,21)(H,22,27);1H. The van der Waals surface area contributed by atoms with Crippen LogP contribution in [0.4, 0.5) is 0 Å². The minimum absolute atomic E-state index is 0. The highest BCUT2D eigenvalue weighted by Gasteiger charge is 2.42. The van der Waals surface area contributed by atoms with E-state index in [0.717, 1.165) is 49.9 Å². The Morgan fingerprint density at radius 3 is 2.89 bits per heavy atom. The van der Waals surface area contributed by atoms with E-state index in [2.05, 4.69) is 30.7 Å². The van der Waals surface area contributed by atoms with E-state index in [0.29, 0.717) is 13.0 Å². The van der Waals surface area contributed by atoms with Crippen molar-refractivity contribution < 1.29 is 4.79 Å². The number of amides is 1. The summed E-state index contributed by atoms with van der Waals surface area (Å²) in [5, 5.41) is 14.7. The molecule has 2 fully saturated rings. The summed E-state index contributed by atoms with van der Waals surface area (Å²) in [5.41, 5.74) is 1.07. The fourth-order valence-corrected chi connectivity index (χ4v) is 4.10. The lowest BCUT2D eigenvalue weighted by Crippen LogP contribution is -2.51. The molecule has 0 bridgehead atoms. The van der Waals surface area contributed by atoms with E-state index in [9.17, 15) is 4.79 Å². The predicted octanol–water partition coefficient (Wildman–Crippen LogP) is 1.56. The smallest absolute Gasteiger partial charge is 0.220 e. The number of nitrogens with zero attached hydrogens (tertiary/aromatic N) is 5. The van der Waals surface area contributed by atoms with Crippen LogP contribution in [0.5, 0.6) is 0 Å². The third-order valence-corrected chi connectivity index (χ3v) is 5.43. The first-order chi connectivity index (χ1) is 13.2. The second kappa shape index (κ2) is 8.89. The van der Waals surface area contributed by atoms with Crippen LogP contribution in [-0.2, 0) is 11.3 Å². The third-order valence-electron chi connectivity index (χ3n) is 5.43. The van der Waals surface area contributed by atoms with Crippen LogP contribution in [0, 0.1) is 5.41 Å². The van der Waals surface area contributed by atoms with Crippen molar-refractivity contribution >= 4 is 35.8 Å². The highest BCUT2D eigenvalue weighted by atomic mass is 127. The Morgan fingerprint density at radius 1 is 1.36 bits per heavy atom. The molecule has 3 heterocycles. The summed E-state index contributed by atoms with van der Waals surface area (Å²) in [7, 11) is 1.80. The van der Waals surface area contributed by atoms with Gasteiger partial charge in [0, 0.05) is 44.2 Å². The average Bonchev–Trinajstić information content (AvgIpc) is 3.30. The van der Waals surface area contributed by atoms with E-state index >= 15 is 0 Å². The number of para-hydroxylation sites is 1. The molecule has 2 aromatic rings. The maximum atomic E-state index is 11.7. The van der Waals surface area contributed by atoms with E-state index in [1.165, 1.54) is 0 Å². The van der Waals surface area contributed by atoms with Crippen LogP contribution in [0.1, 0.15) is 25.1 Å². The number of piperidine rings is 1. The molecule has 1 amide bonds. The molecule has 8 nitrogen and oxygen atoms in total. The van der Waals surface area contributed by atoms with Crippen LogP contribution in [0.2, 0.25) is 0 Å². The molecule has 0 saturated carbocycles. The summed E-state index contributed by atoms with van der Waals surface area (Å²) in [6.07, 6.45) is 4.49. The molecule has 2 aliphatic rings. The normalized spacial score (nSPS) is 22.1. The molecule has 2 aliphatic heterocycles. The fourth-order valence-electron chi connectivity index (χ4n) is 4.10. The summed E-state index contributed by atoms with van der Waals surface area (Å²) in [5.74, 6) is 1.83. The quantitative estimate of drug-likeness (QED) is 0.384. The van der Waals surface area contributed by atoms with Gasteiger partial charge in [-0.15, -0.1) is 34.2 Å². The van der Waals surface area contributed by atoms with Gasteiger partial charge in [0.1, 0.15) is 6.33 Å². The largest absolute Gasteiger partial charge is 0.355 e. The molecule has 1 aromatic heterocycles. The van der Waals surface area contributed by atoms with Gasteiger partial charge >= 0.3 is 0 Å². The van der Waals surface area contributed by atoms with E-state index in [4.69, 9.17) is 0 Å². The van der Waals surface area contributed by atoms with Crippen molar-refractivity contribution in [3.05, 3.63) is 42.5 Å². The fraction of sp³-hybridized carbons (Fsp3) is 0.474. The second-order valence-electron chi connectivity index (χ2n) is 7.33. The van der Waals surface area contributed by atoms with Gasteiger partial charge in [-0.2, -0.15) is 0 Å². The first-order valence-corrected chi connectivity index (χ1v) is 9.36. The van der Waals surface area contributed by atoms with Crippen molar-refractivity contribution in [2.45, 2.75) is 25.8 Å². The predicted molar refractivity (Wildman–Crippen MR) is 118 cm³/mol. The van der Waals surface area contributed by atoms with E-state index in [-0.39, 0.29) is 35.3 Å². The zero-order chi connectivity index (χ0) is 18.7. The number of carbonyl (C=O) groups is 1. The Kier molecular flexibility index (Phi) is 6.53. The molecule has 0 aliphatic carbocycles. The molecule has 9 heteroatoms. The Labute approximate surface area is 181 Å². The third kappa shape index (κ3) is 4.29. The van der Waals surface area contributed by atoms with Gasteiger partial charge in [0.2, 0.25) is 5.91 Å². The summed E-state index contributed by atoms with van der Waals surface area (Å²) < 4.78 is 1.97. The number of carbonyl (C=O) groups excluding carboxylic acids is 1. The maximum Gasteiger partial charge on any atom is 0.220 e. The molecule has 0 radical (unpaired) electrons. The van der Waals surface area contributed by atoms with Crippen LogP contribution in [0.15, 0.2) is 41.7 Å². The summed E-state index contributed by atoms with van der Waals surface area (Å²) in [4.78, 5) is 18.4. The number of rotatable bonds is 3. The van der Waals surface area contributed by atoms with Gasteiger partial charge < -0.3 is 15.5 Å². The van der Waals surface area contributed by atoms with Crippen LogP contribution < -0.4 is 10.6 Å². The number of halogens is 1. The molecule has 2 saturated heterocycles. The lowest BCUT2D eigenvalue weighted by molar-refractivity contribution is -0.119. The first kappa shape index (κ1) is 20.6. The van der Waals surface area contributed by atoms with Crippen LogP contribution in [0.25, 0.3) is 5.69 Å². The number of likely N-dealkylation sites (tertiary alicyclic amines) is 1. The molecule has 150 valence electrons. The van der Waals surface area contributed by atoms with E-state index < -0.39 is 0 Å². The molecule has 28 heavy (non-hydrogen) atoms. The number of nitrogens with one attached hydrogen (secondary N) is 2. The minimum Gasteiger partial charge on any atom is -0.355 e. The van der Waals surface area contributed by atoms with Crippen molar-refractivity contribution in [1.29, 1.82) is 0 Å². The average molecular weight is 495 g/mol. The Hall–Kier alpha value is -2.17. The monoisotopic (exact) mass is 495 g/mol. The van der Waals surface area contributed by atoms with Gasteiger partial charge in [0.25, 0.3) is 0 Å². The molecule has 1 atom stereocenters. The van der Waals surface area contributed by atoms with E-state index in [1.54, 1.807) is 13.4 Å². The molecular formula is C19H26IN7O. The van der Waals surface area contributed by atoms with E-state index in [1.807, 2.05) is 34.9 Å². The zero-order valence-corrected chi connectivity index (χ0v) is 18.3. The van der Waals surface area contributed by atoms with Crippen LogP contribution in [0.3, 0.4) is 0 Å². The highest BCUT2D eigenvalue weighted by molar-refractivity contribution is 14.0. The van der Waals surface area contributed by atoms with Crippen molar-refractivity contribution in [1.82, 2.24) is 30.3 Å². The Bertz CT molecular complexity index is 838. The van der Waals surface area contributed by atoms with Crippen molar-refractivity contribution in [2.24, 2.45) is 10.4 Å². The summed E-state index contributed by atoms with van der Waals surface area (Å²) in [6, 6.07) is 10.0. The summed E-state index contributed by atoms with van der Waals surface area (Å²) >= 11 is 0. The van der Waals surface area contributed by atoms with Crippen molar-refractivity contribution in [3.63, 3.8) is 0 Å². The second-order valence-corrected chi connectivity index (χ2v) is 7.33. The number of hydrogen-bond acceptors (Lipinski definition) is 4. The Morgan fingerprint density at radius 2 is 2.18 bits per heavy atom. The molecular weight excluding hydrogens is 469 g/mol. The van der Waals surface area contributed by atoms with Gasteiger partial charge in [-0.1, -0.05) is 18.2 Å². The number of aromatic nitrogens is 3. The lowest BCUT2D eigenvalue weighted by atomic mass is 9.79. The first-order valence-electron chi connectivity index (χ1n) is 9.36. The molecule has 4 rings (SSSR count). The summed E-state index contributed by atoms with van der Waals surface area (Å²) in [6.45, 7) is 3.09. The van der Waals surface area contributed by atoms with Crippen LogP contribution in [-0.4, -0.2) is 58.2 Å². The van der Waals surface area contributed by atoms with Gasteiger partial charge in [0.15, 0.2) is 11.8 Å². The Balaban J connectivity index is 0.00000225. The van der Waals surface area contributed by atoms with Crippen molar-refractivity contribution in [2.75, 3.05) is 26.7 Å². The lowest BCUT2D eigenvalue weighted by Gasteiger charge is -2.40. The maximum absolute atomic E-state index is 11.7. The number of aliphatic imine (C=N–C) groups is 1. The zero-order valence-electron chi connectivity index (χ0n) is 16.0.